The molecule has 8 heavy (non-hydrogen) atoms. The molecule has 0 amide bonds. The number of halogens is 1. The van der Waals surface area contributed by atoms with Crippen LogP contribution < -0.4 is 0 Å². The van der Waals surface area contributed by atoms with Crippen LogP contribution in [0.4, 0.5) is 4.39 Å². The van der Waals surface area contributed by atoms with Gasteiger partial charge < -0.3 is 0 Å². The zero-order valence-electron chi connectivity index (χ0n) is 5.15. The minimum Gasteiger partial charge on any atom is -0.244 e. The first-order valence-electron chi connectivity index (χ1n) is 3.05. The fraction of sp³-hybridized carbons (Fsp3) is 0.714. The van der Waals surface area contributed by atoms with Crippen molar-refractivity contribution >= 4 is 0 Å². The Labute approximate surface area is 49.4 Å². The van der Waals surface area contributed by atoms with Gasteiger partial charge >= 0.3 is 0 Å². The molecular weight excluding hydrogens is 103 g/mol. The molecule has 46 valence electrons. The van der Waals surface area contributed by atoms with E-state index in [0.717, 1.165) is 6.42 Å². The fourth-order valence-electron chi connectivity index (χ4n) is 0.933. The van der Waals surface area contributed by atoms with Crippen LogP contribution in [0, 0.1) is 0 Å². The summed E-state index contributed by atoms with van der Waals surface area (Å²) in [5.41, 5.74) is -0.908. The van der Waals surface area contributed by atoms with Crippen LogP contribution in [0.15, 0.2) is 12.2 Å². The summed E-state index contributed by atoms with van der Waals surface area (Å²) in [4.78, 5) is 0. The number of allylic oxidation sites excluding steroid dienone is 2. The van der Waals surface area contributed by atoms with Crippen molar-refractivity contribution in [2.24, 2.45) is 0 Å². The molecule has 0 unspecified atom stereocenters. The van der Waals surface area contributed by atoms with Gasteiger partial charge in [0.25, 0.3) is 0 Å². The lowest BCUT2D eigenvalue weighted by Gasteiger charge is -2.20. The highest BCUT2D eigenvalue weighted by molar-refractivity contribution is 4.96. The third-order valence-corrected chi connectivity index (χ3v) is 1.54. The van der Waals surface area contributed by atoms with Crippen molar-refractivity contribution in [3.8, 4) is 0 Å². The lowest BCUT2D eigenvalue weighted by Crippen LogP contribution is -2.18. The van der Waals surface area contributed by atoms with Gasteiger partial charge in [0.2, 0.25) is 0 Å². The predicted octanol–water partition coefficient (Wildman–Crippen LogP) is 2.45. The smallest absolute Gasteiger partial charge is 0.112 e. The van der Waals surface area contributed by atoms with Crippen molar-refractivity contribution in [2.45, 2.75) is 31.9 Å². The van der Waals surface area contributed by atoms with E-state index in [1.165, 1.54) is 0 Å². The molecular formula is C7H11F. The van der Waals surface area contributed by atoms with Crippen molar-refractivity contribution in [1.29, 1.82) is 0 Å². The standard InChI is InChI=1S/C7H11F/c1-7(8)5-3-2-4-6-7/h2-3H,4-6H2,1H3/t7-/m0/s1. The average molecular weight is 114 g/mol. The molecule has 0 aliphatic heterocycles. The van der Waals surface area contributed by atoms with Crippen LogP contribution >= 0.6 is 0 Å². The Balaban J connectivity index is 2.50. The first kappa shape index (κ1) is 5.80. The van der Waals surface area contributed by atoms with Crippen LogP contribution in [0.25, 0.3) is 0 Å². The topological polar surface area (TPSA) is 0 Å². The molecule has 0 nitrogen and oxygen atoms in total. The van der Waals surface area contributed by atoms with Crippen molar-refractivity contribution in [2.75, 3.05) is 0 Å². The molecule has 1 aliphatic carbocycles. The highest BCUT2D eigenvalue weighted by Crippen LogP contribution is 2.26. The predicted molar refractivity (Wildman–Crippen MR) is 32.5 cm³/mol. The van der Waals surface area contributed by atoms with Gasteiger partial charge in [-0.1, -0.05) is 12.2 Å². The Hall–Kier alpha value is -0.330. The summed E-state index contributed by atoms with van der Waals surface area (Å²) < 4.78 is 12.8. The highest BCUT2D eigenvalue weighted by Gasteiger charge is 2.21. The Morgan fingerprint density at radius 3 is 2.50 bits per heavy atom. The van der Waals surface area contributed by atoms with Gasteiger partial charge in [-0.15, -0.1) is 0 Å². The van der Waals surface area contributed by atoms with E-state index in [1.54, 1.807) is 6.92 Å². The van der Waals surface area contributed by atoms with Gasteiger partial charge in [-0.2, -0.15) is 0 Å². The lowest BCUT2D eigenvalue weighted by atomic mass is 9.93. The number of alkyl halides is 1. The molecule has 1 heteroatoms. The first-order chi connectivity index (χ1) is 3.71. The van der Waals surface area contributed by atoms with E-state index in [0.29, 0.717) is 12.8 Å². The molecule has 1 rings (SSSR count). The summed E-state index contributed by atoms with van der Waals surface area (Å²) in [6.45, 7) is 1.66. The Morgan fingerprint density at radius 1 is 1.50 bits per heavy atom. The second-order valence-electron chi connectivity index (χ2n) is 2.63. The van der Waals surface area contributed by atoms with E-state index in [4.69, 9.17) is 0 Å². The molecule has 1 atom stereocenters. The molecule has 0 radical (unpaired) electrons. The SMILES string of the molecule is C[C@]1(F)CC=CCC1. The maximum absolute atomic E-state index is 12.8. The quantitative estimate of drug-likeness (QED) is 0.424. The largest absolute Gasteiger partial charge is 0.244 e. The zero-order chi connectivity index (χ0) is 6.04. The maximum atomic E-state index is 12.8. The minimum absolute atomic E-state index is 0.604. The molecule has 0 saturated heterocycles. The summed E-state index contributed by atoms with van der Waals surface area (Å²) >= 11 is 0. The van der Waals surface area contributed by atoms with E-state index in [-0.39, 0.29) is 0 Å². The Bertz CT molecular complexity index is 103. The van der Waals surface area contributed by atoms with Crippen molar-refractivity contribution in [1.82, 2.24) is 0 Å². The first-order valence-corrected chi connectivity index (χ1v) is 3.05. The number of rotatable bonds is 0. The summed E-state index contributed by atoms with van der Waals surface area (Å²) in [5.74, 6) is 0. The molecule has 0 aromatic heterocycles. The van der Waals surface area contributed by atoms with Gasteiger partial charge in [-0.25, -0.2) is 4.39 Å². The minimum atomic E-state index is -0.908. The van der Waals surface area contributed by atoms with Gasteiger partial charge in [0, 0.05) is 0 Å². The van der Waals surface area contributed by atoms with Crippen molar-refractivity contribution < 1.29 is 4.39 Å². The zero-order valence-corrected chi connectivity index (χ0v) is 5.15. The van der Waals surface area contributed by atoms with Crippen LogP contribution in [0.2, 0.25) is 0 Å². The van der Waals surface area contributed by atoms with E-state index >= 15 is 0 Å². The normalized spacial score (nSPS) is 37.8. The molecule has 0 aromatic carbocycles. The van der Waals surface area contributed by atoms with E-state index in [1.807, 2.05) is 12.2 Å². The van der Waals surface area contributed by atoms with E-state index in [9.17, 15) is 4.39 Å². The van der Waals surface area contributed by atoms with Gasteiger partial charge in [-0.3, -0.25) is 0 Å². The van der Waals surface area contributed by atoms with Crippen molar-refractivity contribution in [3.05, 3.63) is 12.2 Å². The molecule has 0 spiro atoms. The average Bonchev–Trinajstić information content (AvgIpc) is 1.65. The van der Waals surface area contributed by atoms with Gasteiger partial charge in [-0.05, 0) is 26.2 Å². The molecule has 0 bridgehead atoms. The number of hydrogen-bond acceptors (Lipinski definition) is 0. The van der Waals surface area contributed by atoms with Crippen LogP contribution in [0.5, 0.6) is 0 Å². The maximum Gasteiger partial charge on any atom is 0.112 e. The summed E-state index contributed by atoms with van der Waals surface area (Å²) in [6.07, 6.45) is 6.17. The van der Waals surface area contributed by atoms with Crippen LogP contribution in [0.1, 0.15) is 26.2 Å². The van der Waals surface area contributed by atoms with Crippen LogP contribution in [-0.2, 0) is 0 Å². The van der Waals surface area contributed by atoms with Gasteiger partial charge in [0.05, 0.1) is 0 Å². The monoisotopic (exact) mass is 114 g/mol. The molecule has 0 saturated carbocycles. The summed E-state index contributed by atoms with van der Waals surface area (Å²) in [7, 11) is 0. The second kappa shape index (κ2) is 1.88. The molecule has 0 N–H and O–H groups in total. The van der Waals surface area contributed by atoms with Crippen LogP contribution in [0.3, 0.4) is 0 Å². The molecule has 0 aromatic rings. The van der Waals surface area contributed by atoms with Gasteiger partial charge in [0.1, 0.15) is 5.67 Å². The second-order valence-corrected chi connectivity index (χ2v) is 2.63. The molecule has 0 heterocycles. The summed E-state index contributed by atoms with van der Waals surface area (Å²) in [5, 5.41) is 0. The van der Waals surface area contributed by atoms with E-state index in [2.05, 4.69) is 0 Å². The van der Waals surface area contributed by atoms with Crippen LogP contribution in [-0.4, -0.2) is 5.67 Å². The Morgan fingerprint density at radius 2 is 2.25 bits per heavy atom. The fourth-order valence-corrected chi connectivity index (χ4v) is 0.933. The van der Waals surface area contributed by atoms with Crippen molar-refractivity contribution in [3.63, 3.8) is 0 Å². The summed E-state index contributed by atoms with van der Waals surface area (Å²) in [6, 6.07) is 0. The third kappa shape index (κ3) is 1.32. The lowest BCUT2D eigenvalue weighted by molar-refractivity contribution is 0.174. The highest BCUT2D eigenvalue weighted by atomic mass is 19.1. The Kier molecular flexibility index (Phi) is 1.37. The number of hydrogen-bond donors (Lipinski definition) is 0. The van der Waals surface area contributed by atoms with Gasteiger partial charge in [0.15, 0.2) is 0 Å². The molecule has 0 fully saturated rings. The third-order valence-electron chi connectivity index (χ3n) is 1.54. The molecule has 1 aliphatic rings. The van der Waals surface area contributed by atoms with E-state index < -0.39 is 5.67 Å².